The van der Waals surface area contributed by atoms with E-state index in [1.807, 2.05) is 0 Å². The van der Waals surface area contributed by atoms with Crippen molar-refractivity contribution in [3.63, 3.8) is 0 Å². The Labute approximate surface area is 143 Å². The maximum Gasteiger partial charge on any atom is 0.417 e. The van der Waals surface area contributed by atoms with Gasteiger partial charge in [0.25, 0.3) is 0 Å². The number of halogens is 7. The monoisotopic (exact) mass is 381 g/mol. The summed E-state index contributed by atoms with van der Waals surface area (Å²) in [5.41, 5.74) is -2.24. The predicted octanol–water partition coefficient (Wildman–Crippen LogP) is 6.18. The first-order chi connectivity index (χ1) is 11.5. The first-order valence-electron chi connectivity index (χ1n) is 6.74. The zero-order chi connectivity index (χ0) is 18.8. The third-order valence-electron chi connectivity index (χ3n) is 3.15. The SMILES string of the molecule is C/C(=N\Oc1ccc(C(F)(F)F)cc1)c1cc(Cl)ccc1C(F)(F)F. The van der Waals surface area contributed by atoms with Crippen LogP contribution < -0.4 is 4.84 Å². The molecule has 0 saturated heterocycles. The molecule has 0 unspecified atom stereocenters. The molecular formula is C16H10ClF6NO. The van der Waals surface area contributed by atoms with Crippen LogP contribution in [0, 0.1) is 0 Å². The summed E-state index contributed by atoms with van der Waals surface area (Å²) in [5, 5.41) is 3.62. The van der Waals surface area contributed by atoms with Crippen LogP contribution in [0.4, 0.5) is 26.3 Å². The minimum Gasteiger partial charge on any atom is -0.357 e. The number of hydrogen-bond donors (Lipinski definition) is 0. The van der Waals surface area contributed by atoms with E-state index in [4.69, 9.17) is 16.4 Å². The second kappa shape index (κ2) is 6.95. The Morgan fingerprint density at radius 2 is 1.52 bits per heavy atom. The molecule has 2 aromatic rings. The van der Waals surface area contributed by atoms with Crippen LogP contribution in [0.5, 0.6) is 5.75 Å². The summed E-state index contributed by atoms with van der Waals surface area (Å²) in [6.07, 6.45) is -9.12. The highest BCUT2D eigenvalue weighted by Gasteiger charge is 2.34. The van der Waals surface area contributed by atoms with Gasteiger partial charge < -0.3 is 4.84 Å². The van der Waals surface area contributed by atoms with Crippen molar-refractivity contribution in [1.29, 1.82) is 0 Å². The summed E-state index contributed by atoms with van der Waals surface area (Å²) in [5.74, 6) is -0.0528. The molecule has 0 spiro atoms. The molecule has 0 amide bonds. The lowest BCUT2D eigenvalue weighted by atomic mass is 10.0. The van der Waals surface area contributed by atoms with E-state index >= 15 is 0 Å². The van der Waals surface area contributed by atoms with Gasteiger partial charge in [0.15, 0.2) is 5.75 Å². The standard InChI is InChI=1S/C16H10ClF6NO/c1-9(13-8-11(17)4-7-14(13)16(21,22)23)24-25-12-5-2-10(3-6-12)15(18,19)20/h2-8H,1H3/b24-9+. The van der Waals surface area contributed by atoms with Crippen LogP contribution in [0.25, 0.3) is 0 Å². The number of nitrogens with zero attached hydrogens (tertiary/aromatic N) is 1. The Kier molecular flexibility index (Phi) is 5.31. The Hall–Kier alpha value is -2.22. The average molecular weight is 382 g/mol. The van der Waals surface area contributed by atoms with E-state index in [1.165, 1.54) is 6.92 Å². The molecule has 0 aromatic heterocycles. The Morgan fingerprint density at radius 1 is 0.920 bits per heavy atom. The zero-order valence-corrected chi connectivity index (χ0v) is 13.3. The summed E-state index contributed by atoms with van der Waals surface area (Å²) in [7, 11) is 0. The highest BCUT2D eigenvalue weighted by atomic mass is 35.5. The molecule has 0 aliphatic rings. The summed E-state index contributed by atoms with van der Waals surface area (Å²) in [6, 6.07) is 6.58. The van der Waals surface area contributed by atoms with Gasteiger partial charge in [-0.1, -0.05) is 16.8 Å². The smallest absolute Gasteiger partial charge is 0.357 e. The number of oxime groups is 1. The number of alkyl halides is 6. The maximum absolute atomic E-state index is 13.0. The molecule has 2 rings (SSSR count). The van der Waals surface area contributed by atoms with Gasteiger partial charge in [0, 0.05) is 10.6 Å². The van der Waals surface area contributed by atoms with Crippen LogP contribution in [0.1, 0.15) is 23.6 Å². The highest BCUT2D eigenvalue weighted by molar-refractivity contribution is 6.31. The van der Waals surface area contributed by atoms with Crippen LogP contribution in [-0.2, 0) is 12.4 Å². The third kappa shape index (κ3) is 4.88. The van der Waals surface area contributed by atoms with Gasteiger partial charge >= 0.3 is 12.4 Å². The van der Waals surface area contributed by atoms with Gasteiger partial charge in [-0.25, -0.2) is 0 Å². The van der Waals surface area contributed by atoms with Crippen molar-refractivity contribution in [2.24, 2.45) is 5.16 Å². The fourth-order valence-corrected chi connectivity index (χ4v) is 2.11. The van der Waals surface area contributed by atoms with E-state index in [9.17, 15) is 26.3 Å². The van der Waals surface area contributed by atoms with Crippen LogP contribution in [0.15, 0.2) is 47.6 Å². The second-order valence-corrected chi connectivity index (χ2v) is 5.41. The second-order valence-electron chi connectivity index (χ2n) is 4.98. The fourth-order valence-electron chi connectivity index (χ4n) is 1.94. The molecular weight excluding hydrogens is 372 g/mol. The van der Waals surface area contributed by atoms with Crippen molar-refractivity contribution < 1.29 is 31.2 Å². The van der Waals surface area contributed by atoms with Gasteiger partial charge in [-0.3, -0.25) is 0 Å². The summed E-state index contributed by atoms with van der Waals surface area (Å²) in [4.78, 5) is 4.91. The molecule has 9 heteroatoms. The first kappa shape index (κ1) is 19.1. The maximum atomic E-state index is 13.0. The summed E-state index contributed by atoms with van der Waals surface area (Å²) >= 11 is 5.72. The predicted molar refractivity (Wildman–Crippen MR) is 80.7 cm³/mol. The lowest BCUT2D eigenvalue weighted by Gasteiger charge is -2.13. The molecule has 2 nitrogen and oxygen atoms in total. The van der Waals surface area contributed by atoms with Crippen LogP contribution in [0.3, 0.4) is 0 Å². The molecule has 134 valence electrons. The van der Waals surface area contributed by atoms with Crippen LogP contribution >= 0.6 is 11.6 Å². The first-order valence-corrected chi connectivity index (χ1v) is 7.12. The van der Waals surface area contributed by atoms with E-state index in [2.05, 4.69) is 5.16 Å². The van der Waals surface area contributed by atoms with Crippen molar-refractivity contribution in [1.82, 2.24) is 0 Å². The number of benzene rings is 2. The zero-order valence-electron chi connectivity index (χ0n) is 12.5. The van der Waals surface area contributed by atoms with E-state index in [-0.39, 0.29) is 22.0 Å². The van der Waals surface area contributed by atoms with Gasteiger partial charge in [0.2, 0.25) is 0 Å². The molecule has 25 heavy (non-hydrogen) atoms. The molecule has 2 aromatic carbocycles. The summed E-state index contributed by atoms with van der Waals surface area (Å²) < 4.78 is 76.4. The molecule has 0 aliphatic carbocycles. The Morgan fingerprint density at radius 3 is 2.04 bits per heavy atom. The van der Waals surface area contributed by atoms with Crippen molar-refractivity contribution in [2.75, 3.05) is 0 Å². The quantitative estimate of drug-likeness (QED) is 0.353. The minimum absolute atomic E-state index is 0.0528. The highest BCUT2D eigenvalue weighted by Crippen LogP contribution is 2.34. The Balaban J connectivity index is 2.27. The number of hydrogen-bond acceptors (Lipinski definition) is 2. The van der Waals surface area contributed by atoms with Gasteiger partial charge in [0.05, 0.1) is 16.8 Å². The molecule has 0 N–H and O–H groups in total. The van der Waals surface area contributed by atoms with Crippen molar-refractivity contribution in [3.05, 3.63) is 64.2 Å². The molecule has 0 heterocycles. The molecule has 0 radical (unpaired) electrons. The minimum atomic E-state index is -4.62. The topological polar surface area (TPSA) is 21.6 Å². The average Bonchev–Trinajstić information content (AvgIpc) is 2.51. The van der Waals surface area contributed by atoms with Crippen LogP contribution in [-0.4, -0.2) is 5.71 Å². The van der Waals surface area contributed by atoms with E-state index in [0.717, 1.165) is 42.5 Å². The lowest BCUT2D eigenvalue weighted by molar-refractivity contribution is -0.138. The molecule has 0 saturated carbocycles. The molecule has 0 atom stereocenters. The van der Waals surface area contributed by atoms with Crippen molar-refractivity contribution in [2.45, 2.75) is 19.3 Å². The van der Waals surface area contributed by atoms with E-state index < -0.39 is 23.5 Å². The van der Waals surface area contributed by atoms with Crippen molar-refractivity contribution >= 4 is 17.3 Å². The normalized spacial score (nSPS) is 13.0. The third-order valence-corrected chi connectivity index (χ3v) is 3.38. The lowest BCUT2D eigenvalue weighted by Crippen LogP contribution is -2.12. The van der Waals surface area contributed by atoms with E-state index in [0.29, 0.717) is 0 Å². The molecule has 0 fully saturated rings. The van der Waals surface area contributed by atoms with Gasteiger partial charge in [-0.15, -0.1) is 0 Å². The van der Waals surface area contributed by atoms with Gasteiger partial charge in [-0.2, -0.15) is 26.3 Å². The fraction of sp³-hybridized carbons (Fsp3) is 0.188. The van der Waals surface area contributed by atoms with Crippen LogP contribution in [0.2, 0.25) is 5.02 Å². The summed E-state index contributed by atoms with van der Waals surface area (Å²) in [6.45, 7) is 1.27. The Bertz CT molecular complexity index is 781. The van der Waals surface area contributed by atoms with Gasteiger partial charge in [0.1, 0.15) is 0 Å². The molecule has 0 aliphatic heterocycles. The largest absolute Gasteiger partial charge is 0.417 e. The van der Waals surface area contributed by atoms with Gasteiger partial charge in [-0.05, 0) is 49.4 Å². The number of rotatable bonds is 3. The van der Waals surface area contributed by atoms with Crippen molar-refractivity contribution in [3.8, 4) is 5.75 Å². The molecule has 0 bridgehead atoms. The van der Waals surface area contributed by atoms with E-state index in [1.54, 1.807) is 0 Å².